The molecule has 0 bridgehead atoms. The molecular weight excluding hydrogens is 235 g/mol. The van der Waals surface area contributed by atoms with Crippen molar-refractivity contribution in [2.24, 2.45) is 0 Å². The molecule has 1 heterocycles. The van der Waals surface area contributed by atoms with Gasteiger partial charge in [-0.2, -0.15) is 0 Å². The van der Waals surface area contributed by atoms with Gasteiger partial charge in [0.1, 0.15) is 5.82 Å². The van der Waals surface area contributed by atoms with E-state index in [1.165, 1.54) is 12.1 Å². The molecule has 0 aromatic heterocycles. The second-order valence-electron chi connectivity index (χ2n) is 4.52. The van der Waals surface area contributed by atoms with Crippen molar-refractivity contribution >= 4 is 11.6 Å². The van der Waals surface area contributed by atoms with Crippen LogP contribution in [0.4, 0.5) is 10.1 Å². The van der Waals surface area contributed by atoms with Gasteiger partial charge in [0.2, 0.25) is 5.91 Å². The van der Waals surface area contributed by atoms with Crippen molar-refractivity contribution in [2.75, 3.05) is 25.0 Å². The molecule has 1 aliphatic heterocycles. The summed E-state index contributed by atoms with van der Waals surface area (Å²) in [5.41, 5.74) is 0.212. The topological polar surface area (TPSA) is 52.6 Å². The summed E-state index contributed by atoms with van der Waals surface area (Å²) in [6, 6.07) is 6.10. The number of amides is 1. The highest BCUT2D eigenvalue weighted by atomic mass is 19.1. The van der Waals surface area contributed by atoms with Gasteiger partial charge in [0.05, 0.1) is 11.8 Å². The highest BCUT2D eigenvalue weighted by molar-refractivity contribution is 5.90. The van der Waals surface area contributed by atoms with Gasteiger partial charge in [-0.25, -0.2) is 4.39 Å². The summed E-state index contributed by atoms with van der Waals surface area (Å²) >= 11 is 0. The maximum atomic E-state index is 13.3. The number of benzene rings is 1. The molecule has 0 saturated carbocycles. The van der Waals surface area contributed by atoms with Crippen LogP contribution in [0.15, 0.2) is 24.3 Å². The average Bonchev–Trinajstić information content (AvgIpc) is 2.76. The minimum atomic E-state index is -0.428. The number of aliphatic hydroxyl groups excluding tert-OH is 1. The van der Waals surface area contributed by atoms with Crippen LogP contribution in [0.25, 0.3) is 0 Å². The fraction of sp³-hybridized carbons (Fsp3) is 0.462. The van der Waals surface area contributed by atoms with E-state index in [9.17, 15) is 14.3 Å². The monoisotopic (exact) mass is 252 g/mol. The number of nitrogens with zero attached hydrogens (tertiary/aromatic N) is 1. The lowest BCUT2D eigenvalue weighted by atomic mass is 10.3. The van der Waals surface area contributed by atoms with Crippen LogP contribution in [0.3, 0.4) is 0 Å². The Labute approximate surface area is 105 Å². The number of anilines is 1. The number of nitrogens with one attached hydrogen (secondary N) is 1. The predicted octanol–water partition coefficient (Wildman–Crippen LogP) is 1.22. The van der Waals surface area contributed by atoms with Gasteiger partial charge in [-0.1, -0.05) is 12.1 Å². The van der Waals surface area contributed by atoms with Crippen LogP contribution in [-0.2, 0) is 4.79 Å². The molecule has 0 radical (unpaired) electrons. The van der Waals surface area contributed by atoms with Crippen molar-refractivity contribution < 1.29 is 14.3 Å². The van der Waals surface area contributed by atoms with E-state index in [4.69, 9.17) is 0 Å². The fourth-order valence-electron chi connectivity index (χ4n) is 2.05. The first-order valence-corrected chi connectivity index (χ1v) is 6.10. The van der Waals surface area contributed by atoms with E-state index in [-0.39, 0.29) is 17.7 Å². The van der Waals surface area contributed by atoms with E-state index in [1.54, 1.807) is 12.1 Å². The SMILES string of the molecule is O=C(CCN1CCC(O)C1)Nc1ccccc1F. The van der Waals surface area contributed by atoms with E-state index in [0.717, 1.165) is 13.0 Å². The van der Waals surface area contributed by atoms with Crippen molar-refractivity contribution in [3.8, 4) is 0 Å². The van der Waals surface area contributed by atoms with Crippen molar-refractivity contribution in [1.29, 1.82) is 0 Å². The molecule has 1 atom stereocenters. The molecule has 2 N–H and O–H groups in total. The Balaban J connectivity index is 1.77. The van der Waals surface area contributed by atoms with Gasteiger partial charge < -0.3 is 15.3 Å². The second-order valence-corrected chi connectivity index (χ2v) is 4.52. The lowest BCUT2D eigenvalue weighted by molar-refractivity contribution is -0.116. The number of likely N-dealkylation sites (tertiary alicyclic amines) is 1. The summed E-state index contributed by atoms with van der Waals surface area (Å²) in [7, 11) is 0. The Kier molecular flexibility index (Phi) is 4.28. The lowest BCUT2D eigenvalue weighted by Gasteiger charge is -2.14. The van der Waals surface area contributed by atoms with Crippen LogP contribution in [0.2, 0.25) is 0 Å². The number of hydrogen-bond acceptors (Lipinski definition) is 3. The molecule has 0 spiro atoms. The maximum absolute atomic E-state index is 13.3. The van der Waals surface area contributed by atoms with Crippen molar-refractivity contribution in [3.63, 3.8) is 0 Å². The summed E-state index contributed by atoms with van der Waals surface area (Å²) in [4.78, 5) is 13.7. The van der Waals surface area contributed by atoms with Crippen LogP contribution in [-0.4, -0.2) is 41.7 Å². The first-order chi connectivity index (χ1) is 8.65. The molecule has 5 heteroatoms. The third-order valence-electron chi connectivity index (χ3n) is 3.05. The third kappa shape index (κ3) is 3.51. The standard InChI is InChI=1S/C13H17FN2O2/c14-11-3-1-2-4-12(11)15-13(18)6-8-16-7-5-10(17)9-16/h1-4,10,17H,5-9H2,(H,15,18). The van der Waals surface area contributed by atoms with Gasteiger partial charge in [0.25, 0.3) is 0 Å². The quantitative estimate of drug-likeness (QED) is 0.847. The number of hydrogen-bond donors (Lipinski definition) is 2. The Hall–Kier alpha value is -1.46. The molecule has 2 rings (SSSR count). The maximum Gasteiger partial charge on any atom is 0.225 e. The molecule has 98 valence electrons. The molecule has 18 heavy (non-hydrogen) atoms. The second kappa shape index (κ2) is 5.93. The van der Waals surface area contributed by atoms with Gasteiger partial charge in [-0.15, -0.1) is 0 Å². The fourth-order valence-corrected chi connectivity index (χ4v) is 2.05. The highest BCUT2D eigenvalue weighted by Crippen LogP contribution is 2.13. The molecule has 4 nitrogen and oxygen atoms in total. The number of aliphatic hydroxyl groups is 1. The van der Waals surface area contributed by atoms with Gasteiger partial charge in [-0.3, -0.25) is 4.79 Å². The first-order valence-electron chi connectivity index (χ1n) is 6.10. The van der Waals surface area contributed by atoms with Crippen LogP contribution in [0.1, 0.15) is 12.8 Å². The molecule has 1 saturated heterocycles. The van der Waals surface area contributed by atoms with E-state index >= 15 is 0 Å². The molecule has 1 aliphatic rings. The number of para-hydroxylation sites is 1. The number of carbonyl (C=O) groups excluding carboxylic acids is 1. The summed E-state index contributed by atoms with van der Waals surface area (Å²) in [5, 5.41) is 11.9. The van der Waals surface area contributed by atoms with Crippen molar-refractivity contribution in [2.45, 2.75) is 18.9 Å². The zero-order valence-electron chi connectivity index (χ0n) is 10.1. The molecular formula is C13H17FN2O2. The Morgan fingerprint density at radius 1 is 1.50 bits per heavy atom. The Morgan fingerprint density at radius 3 is 2.94 bits per heavy atom. The molecule has 1 amide bonds. The van der Waals surface area contributed by atoms with E-state index in [1.807, 2.05) is 4.90 Å². The average molecular weight is 252 g/mol. The molecule has 1 aromatic rings. The molecule has 0 aliphatic carbocycles. The van der Waals surface area contributed by atoms with Crippen LogP contribution in [0.5, 0.6) is 0 Å². The van der Waals surface area contributed by atoms with Crippen LogP contribution < -0.4 is 5.32 Å². The third-order valence-corrected chi connectivity index (χ3v) is 3.05. The Bertz CT molecular complexity index is 425. The normalized spacial score (nSPS) is 20.0. The Morgan fingerprint density at radius 2 is 2.28 bits per heavy atom. The summed E-state index contributed by atoms with van der Waals surface area (Å²) in [6.07, 6.45) is 0.787. The number of β-amino-alcohol motifs (C(OH)–C–C–N with tert-alkyl or cyclic N) is 1. The lowest BCUT2D eigenvalue weighted by Crippen LogP contribution is -2.26. The summed E-state index contributed by atoms with van der Waals surface area (Å²) in [6.45, 7) is 2.03. The van der Waals surface area contributed by atoms with Gasteiger partial charge in [0, 0.05) is 26.1 Å². The zero-order chi connectivity index (χ0) is 13.0. The summed E-state index contributed by atoms with van der Waals surface area (Å²) < 4.78 is 13.3. The van der Waals surface area contributed by atoms with E-state index < -0.39 is 5.82 Å². The molecule has 1 fully saturated rings. The molecule has 1 aromatic carbocycles. The van der Waals surface area contributed by atoms with E-state index in [0.29, 0.717) is 19.5 Å². The van der Waals surface area contributed by atoms with Gasteiger partial charge in [-0.05, 0) is 18.6 Å². The van der Waals surface area contributed by atoms with Crippen LogP contribution >= 0.6 is 0 Å². The smallest absolute Gasteiger partial charge is 0.225 e. The largest absolute Gasteiger partial charge is 0.392 e. The van der Waals surface area contributed by atoms with Crippen molar-refractivity contribution in [3.05, 3.63) is 30.1 Å². The number of carbonyl (C=O) groups is 1. The predicted molar refractivity (Wildman–Crippen MR) is 66.7 cm³/mol. The van der Waals surface area contributed by atoms with E-state index in [2.05, 4.69) is 5.32 Å². The van der Waals surface area contributed by atoms with Gasteiger partial charge in [0.15, 0.2) is 0 Å². The summed E-state index contributed by atoms with van der Waals surface area (Å²) in [5.74, 6) is -0.635. The zero-order valence-corrected chi connectivity index (χ0v) is 10.1. The minimum absolute atomic E-state index is 0.207. The number of halogens is 1. The highest BCUT2D eigenvalue weighted by Gasteiger charge is 2.20. The van der Waals surface area contributed by atoms with Gasteiger partial charge >= 0.3 is 0 Å². The first kappa shape index (κ1) is 13.0. The molecule has 1 unspecified atom stereocenters. The van der Waals surface area contributed by atoms with Crippen molar-refractivity contribution in [1.82, 2.24) is 4.90 Å². The van der Waals surface area contributed by atoms with Crippen LogP contribution in [0, 0.1) is 5.82 Å². The number of rotatable bonds is 4. The minimum Gasteiger partial charge on any atom is -0.392 e.